The van der Waals surface area contributed by atoms with Gasteiger partial charge >= 0.3 is 0 Å². The fourth-order valence-corrected chi connectivity index (χ4v) is 5.07. The first-order valence-corrected chi connectivity index (χ1v) is 11.4. The van der Waals surface area contributed by atoms with Gasteiger partial charge in [-0.2, -0.15) is 0 Å². The topological polar surface area (TPSA) is 54.5 Å². The minimum absolute atomic E-state index is 0.128. The van der Waals surface area contributed by atoms with Gasteiger partial charge in [0, 0.05) is 17.1 Å². The number of allylic oxidation sites excluding steroid dienone is 1. The lowest BCUT2D eigenvalue weighted by Gasteiger charge is -2.25. The molecular weight excluding hydrogens is 418 g/mol. The monoisotopic (exact) mass is 437 g/mol. The van der Waals surface area contributed by atoms with E-state index in [1.807, 2.05) is 31.2 Å². The van der Waals surface area contributed by atoms with Crippen LogP contribution in [0.5, 0.6) is 0 Å². The molecule has 0 atom stereocenters. The molecule has 0 fully saturated rings. The minimum Gasteiger partial charge on any atom is -0.287 e. The largest absolute Gasteiger partial charge is 0.287 e. The van der Waals surface area contributed by atoms with Crippen molar-refractivity contribution < 1.29 is 13.2 Å². The highest BCUT2D eigenvalue weighted by molar-refractivity contribution is 7.89. The molecule has 152 valence electrons. The van der Waals surface area contributed by atoms with Crippen LogP contribution in [-0.2, 0) is 16.4 Å². The van der Waals surface area contributed by atoms with Crippen LogP contribution in [0.3, 0.4) is 0 Å². The van der Waals surface area contributed by atoms with Crippen LogP contribution in [-0.4, -0.2) is 25.1 Å². The summed E-state index contributed by atoms with van der Waals surface area (Å²) in [6, 6.07) is 20.8. The Balaban J connectivity index is 1.85. The Kier molecular flexibility index (Phi) is 5.50. The van der Waals surface area contributed by atoms with Gasteiger partial charge in [-0.15, -0.1) is 0 Å². The third-order valence-corrected chi connectivity index (χ3v) is 7.23. The molecule has 4 nitrogen and oxygen atoms in total. The summed E-state index contributed by atoms with van der Waals surface area (Å²) >= 11 is 5.96. The van der Waals surface area contributed by atoms with Crippen molar-refractivity contribution >= 4 is 33.5 Å². The van der Waals surface area contributed by atoms with Crippen LogP contribution >= 0.6 is 11.6 Å². The summed E-state index contributed by atoms with van der Waals surface area (Å²) in [5.74, 6) is -0.362. The standard InChI is InChI=1S/C24H20ClNO3S/c1-17-6-12-22(13-7-17)30(28,29)26-15-14-18-4-2-3-5-20(18)16-23(26)24(27)19-8-10-21(25)11-9-19/h2-13,16H,14-15H2,1H3. The summed E-state index contributed by atoms with van der Waals surface area (Å²) in [4.78, 5) is 13.6. The number of Topliss-reactive ketones (excluding diaryl/α,β-unsaturated/α-hetero) is 1. The molecule has 1 aliphatic rings. The molecule has 0 spiro atoms. The number of nitrogens with zero attached hydrogens (tertiary/aromatic N) is 1. The number of hydrogen-bond acceptors (Lipinski definition) is 3. The van der Waals surface area contributed by atoms with E-state index in [0.29, 0.717) is 17.0 Å². The summed E-state index contributed by atoms with van der Waals surface area (Å²) in [7, 11) is -3.91. The Morgan fingerprint density at radius 2 is 1.60 bits per heavy atom. The highest BCUT2D eigenvalue weighted by atomic mass is 35.5. The van der Waals surface area contributed by atoms with Crippen molar-refractivity contribution in [2.45, 2.75) is 18.2 Å². The first kappa shape index (κ1) is 20.4. The smallest absolute Gasteiger partial charge is 0.264 e. The van der Waals surface area contributed by atoms with E-state index < -0.39 is 10.0 Å². The van der Waals surface area contributed by atoms with Gasteiger partial charge in [-0.3, -0.25) is 9.10 Å². The van der Waals surface area contributed by atoms with Crippen LogP contribution in [0, 0.1) is 6.92 Å². The highest BCUT2D eigenvalue weighted by Crippen LogP contribution is 2.29. The molecule has 0 bridgehead atoms. The average Bonchev–Trinajstić information content (AvgIpc) is 2.94. The quantitative estimate of drug-likeness (QED) is 0.532. The lowest BCUT2D eigenvalue weighted by Crippen LogP contribution is -2.34. The van der Waals surface area contributed by atoms with Crippen LogP contribution in [0.2, 0.25) is 5.02 Å². The number of aryl methyl sites for hydroxylation is 1. The third-order valence-electron chi connectivity index (χ3n) is 5.15. The van der Waals surface area contributed by atoms with Gasteiger partial charge in [0.2, 0.25) is 5.78 Å². The zero-order valence-electron chi connectivity index (χ0n) is 16.4. The normalized spacial score (nSPS) is 13.9. The summed E-state index contributed by atoms with van der Waals surface area (Å²) < 4.78 is 28.3. The number of carbonyl (C=O) groups excluding carboxylic acids is 1. The van der Waals surface area contributed by atoms with Gasteiger partial charge in [0.25, 0.3) is 10.0 Å². The molecule has 6 heteroatoms. The molecular formula is C24H20ClNO3S. The SMILES string of the molecule is Cc1ccc(S(=O)(=O)N2CCc3ccccc3C=C2C(=O)c2ccc(Cl)cc2)cc1. The number of hydrogen-bond donors (Lipinski definition) is 0. The average molecular weight is 438 g/mol. The maximum absolute atomic E-state index is 13.5. The van der Waals surface area contributed by atoms with Crippen molar-refractivity contribution in [3.05, 3.63) is 106 Å². The van der Waals surface area contributed by atoms with E-state index in [2.05, 4.69) is 0 Å². The predicted octanol–water partition coefficient (Wildman–Crippen LogP) is 5.12. The zero-order chi connectivity index (χ0) is 21.3. The number of carbonyl (C=O) groups is 1. The van der Waals surface area contributed by atoms with Crippen molar-refractivity contribution in [1.82, 2.24) is 4.31 Å². The van der Waals surface area contributed by atoms with Crippen LogP contribution in [0.15, 0.2) is 83.4 Å². The third kappa shape index (κ3) is 3.91. The Morgan fingerprint density at radius 1 is 0.933 bits per heavy atom. The van der Waals surface area contributed by atoms with E-state index in [1.54, 1.807) is 54.6 Å². The molecule has 4 rings (SSSR count). The number of sulfonamides is 1. The van der Waals surface area contributed by atoms with Crippen LogP contribution in [0.1, 0.15) is 27.0 Å². The molecule has 0 aromatic heterocycles. The second-order valence-corrected chi connectivity index (χ2v) is 9.50. The molecule has 0 radical (unpaired) electrons. The van der Waals surface area contributed by atoms with Gasteiger partial charge in [0.05, 0.1) is 4.90 Å². The first-order chi connectivity index (χ1) is 14.4. The fraction of sp³-hybridized carbons (Fsp3) is 0.125. The summed E-state index contributed by atoms with van der Waals surface area (Å²) in [5.41, 5.74) is 3.32. The maximum atomic E-state index is 13.5. The Hall–Kier alpha value is -2.89. The predicted molar refractivity (Wildman–Crippen MR) is 119 cm³/mol. The van der Waals surface area contributed by atoms with E-state index in [1.165, 1.54) is 4.31 Å². The van der Waals surface area contributed by atoms with Gasteiger partial charge in [-0.05, 0) is 66.9 Å². The van der Waals surface area contributed by atoms with E-state index >= 15 is 0 Å². The molecule has 0 saturated carbocycles. The molecule has 0 N–H and O–H groups in total. The summed E-state index contributed by atoms with van der Waals surface area (Å²) in [5, 5.41) is 0.510. The van der Waals surface area contributed by atoms with Crippen LogP contribution < -0.4 is 0 Å². The minimum atomic E-state index is -3.91. The molecule has 0 saturated heterocycles. The highest BCUT2D eigenvalue weighted by Gasteiger charge is 2.32. The van der Waals surface area contributed by atoms with E-state index in [9.17, 15) is 13.2 Å². The molecule has 0 amide bonds. The van der Waals surface area contributed by atoms with Gasteiger partial charge in [0.15, 0.2) is 0 Å². The van der Waals surface area contributed by atoms with E-state index in [4.69, 9.17) is 11.6 Å². The van der Waals surface area contributed by atoms with Crippen molar-refractivity contribution in [3.63, 3.8) is 0 Å². The Labute approximate surface area is 181 Å². The summed E-state index contributed by atoms with van der Waals surface area (Å²) in [6.45, 7) is 2.08. The van der Waals surface area contributed by atoms with Crippen molar-refractivity contribution in [3.8, 4) is 0 Å². The van der Waals surface area contributed by atoms with Crippen molar-refractivity contribution in [1.29, 1.82) is 0 Å². The van der Waals surface area contributed by atoms with Crippen LogP contribution in [0.4, 0.5) is 0 Å². The van der Waals surface area contributed by atoms with Gasteiger partial charge in [0.1, 0.15) is 5.70 Å². The van der Waals surface area contributed by atoms with Gasteiger partial charge in [-0.25, -0.2) is 8.42 Å². The number of rotatable bonds is 4. The number of benzene rings is 3. The Bertz CT molecular complexity index is 1230. The molecule has 30 heavy (non-hydrogen) atoms. The first-order valence-electron chi connectivity index (χ1n) is 9.55. The maximum Gasteiger partial charge on any atom is 0.264 e. The second kappa shape index (κ2) is 8.09. The number of halogens is 1. The van der Waals surface area contributed by atoms with Crippen molar-refractivity contribution in [2.75, 3.05) is 6.54 Å². The van der Waals surface area contributed by atoms with Gasteiger partial charge in [-0.1, -0.05) is 53.6 Å². The van der Waals surface area contributed by atoms with E-state index in [0.717, 1.165) is 16.7 Å². The molecule has 3 aromatic rings. The Morgan fingerprint density at radius 3 is 2.30 bits per heavy atom. The number of ketones is 1. The lowest BCUT2D eigenvalue weighted by atomic mass is 10.0. The van der Waals surface area contributed by atoms with Crippen LogP contribution in [0.25, 0.3) is 6.08 Å². The number of fused-ring (bicyclic) bond motifs is 1. The van der Waals surface area contributed by atoms with Gasteiger partial charge < -0.3 is 0 Å². The van der Waals surface area contributed by atoms with Crippen molar-refractivity contribution in [2.24, 2.45) is 0 Å². The molecule has 3 aromatic carbocycles. The second-order valence-electron chi connectivity index (χ2n) is 7.20. The summed E-state index contributed by atoms with van der Waals surface area (Å²) in [6.07, 6.45) is 2.18. The lowest BCUT2D eigenvalue weighted by molar-refractivity contribution is 0.101. The van der Waals surface area contributed by atoms with E-state index in [-0.39, 0.29) is 22.9 Å². The molecule has 1 heterocycles. The molecule has 0 aliphatic carbocycles. The fourth-order valence-electron chi connectivity index (χ4n) is 3.48. The molecule has 0 unspecified atom stereocenters. The molecule has 1 aliphatic heterocycles. The zero-order valence-corrected chi connectivity index (χ0v) is 18.0.